The molecule has 1 aromatic carbocycles. The van der Waals surface area contributed by atoms with Gasteiger partial charge < -0.3 is 9.84 Å². The Labute approximate surface area is 208 Å². The average molecular weight is 473 g/mol. The zero-order valence-corrected chi connectivity index (χ0v) is 21.6. The van der Waals surface area contributed by atoms with E-state index in [1.54, 1.807) is 24.3 Å². The molecule has 0 aliphatic rings. The molecule has 0 heterocycles. The van der Waals surface area contributed by atoms with E-state index in [-0.39, 0.29) is 0 Å². The van der Waals surface area contributed by atoms with E-state index in [1.165, 1.54) is 89.9 Å². The summed E-state index contributed by atoms with van der Waals surface area (Å²) in [7, 11) is 0. The Morgan fingerprint density at radius 3 is 1.56 bits per heavy atom. The van der Waals surface area contributed by atoms with Gasteiger partial charge in [0.15, 0.2) is 0 Å². The summed E-state index contributed by atoms with van der Waals surface area (Å²) in [6, 6.07) is 8.87. The van der Waals surface area contributed by atoms with Gasteiger partial charge in [0.25, 0.3) is 0 Å². The van der Waals surface area contributed by atoms with E-state index in [2.05, 4.69) is 20.1 Å². The summed E-state index contributed by atoms with van der Waals surface area (Å²) in [5.74, 6) is -0.737. The van der Waals surface area contributed by atoms with Gasteiger partial charge in [-0.2, -0.15) is 0 Å². The standard InChI is InChI=1S/C21H40O2.C9H8O2/c1-3-4-5-6-7-8-9-10-11-12-13-14-15-16-17-18-19-20(2)21(22)23;1-2-9(10)11-8-6-4-3-5-7-8/h2-19H2,1H3,(H,22,23);2-7H,1H2. The van der Waals surface area contributed by atoms with Crippen molar-refractivity contribution in [2.24, 2.45) is 0 Å². The molecule has 0 aliphatic carbocycles. The monoisotopic (exact) mass is 472 g/mol. The quantitative estimate of drug-likeness (QED) is 0.0889. The Balaban J connectivity index is 0.000000818. The second-order valence-electron chi connectivity index (χ2n) is 8.90. The Morgan fingerprint density at radius 2 is 1.18 bits per heavy atom. The molecule has 1 rings (SSSR count). The first-order valence-electron chi connectivity index (χ1n) is 13.3. The summed E-state index contributed by atoms with van der Waals surface area (Å²) in [5, 5.41) is 8.71. The van der Waals surface area contributed by atoms with Crippen molar-refractivity contribution in [2.45, 2.75) is 116 Å². The largest absolute Gasteiger partial charge is 0.478 e. The molecule has 4 heteroatoms. The summed E-state index contributed by atoms with van der Waals surface area (Å²) in [4.78, 5) is 21.2. The number of ether oxygens (including phenoxy) is 1. The molecule has 0 unspecified atom stereocenters. The number of hydrogen-bond acceptors (Lipinski definition) is 3. The fourth-order valence-corrected chi connectivity index (χ4v) is 3.64. The van der Waals surface area contributed by atoms with Crippen LogP contribution in [0.4, 0.5) is 0 Å². The van der Waals surface area contributed by atoms with E-state index in [4.69, 9.17) is 9.84 Å². The zero-order chi connectivity index (χ0) is 25.3. The predicted octanol–water partition coefficient (Wildman–Crippen LogP) is 9.06. The van der Waals surface area contributed by atoms with Crippen molar-refractivity contribution < 1.29 is 19.4 Å². The lowest BCUT2D eigenvalue weighted by Gasteiger charge is -2.04. The van der Waals surface area contributed by atoms with Crippen LogP contribution in [0.15, 0.2) is 55.1 Å². The van der Waals surface area contributed by atoms with Gasteiger partial charge in [0.1, 0.15) is 5.75 Å². The smallest absolute Gasteiger partial charge is 0.335 e. The average Bonchev–Trinajstić information content (AvgIpc) is 2.84. The van der Waals surface area contributed by atoms with E-state index >= 15 is 0 Å². The third kappa shape index (κ3) is 21.5. The number of carbonyl (C=O) groups is 2. The van der Waals surface area contributed by atoms with E-state index in [1.807, 2.05) is 6.07 Å². The van der Waals surface area contributed by atoms with E-state index in [0.717, 1.165) is 18.9 Å². The minimum Gasteiger partial charge on any atom is -0.478 e. The second-order valence-corrected chi connectivity index (χ2v) is 8.90. The molecule has 4 nitrogen and oxygen atoms in total. The molecule has 1 N–H and O–H groups in total. The topological polar surface area (TPSA) is 63.6 Å². The molecule has 0 amide bonds. The first-order chi connectivity index (χ1) is 16.5. The fourth-order valence-electron chi connectivity index (χ4n) is 3.64. The lowest BCUT2D eigenvalue weighted by molar-refractivity contribution is -0.133. The van der Waals surface area contributed by atoms with Gasteiger partial charge in [-0.3, -0.25) is 0 Å². The van der Waals surface area contributed by atoms with Crippen molar-refractivity contribution in [3.63, 3.8) is 0 Å². The van der Waals surface area contributed by atoms with Crippen LogP contribution in [0.1, 0.15) is 116 Å². The van der Waals surface area contributed by atoms with Crippen LogP contribution >= 0.6 is 0 Å². The molecule has 192 valence electrons. The van der Waals surface area contributed by atoms with Gasteiger partial charge in [0.05, 0.1) is 0 Å². The number of carboxylic acid groups (broad SMARTS) is 1. The lowest BCUT2D eigenvalue weighted by atomic mass is 10.0. The van der Waals surface area contributed by atoms with Crippen LogP contribution in [0, 0.1) is 0 Å². The number of esters is 1. The minimum absolute atomic E-state index is 0.357. The first kappa shape index (κ1) is 31.6. The van der Waals surface area contributed by atoms with Crippen molar-refractivity contribution in [1.29, 1.82) is 0 Å². The number of para-hydroxylation sites is 1. The maximum absolute atomic E-state index is 10.6. The summed E-state index contributed by atoms with van der Waals surface area (Å²) in [6.45, 7) is 9.12. The summed E-state index contributed by atoms with van der Waals surface area (Å²) in [5.41, 5.74) is 0.357. The molecule has 0 aliphatic heterocycles. The third-order valence-electron chi connectivity index (χ3n) is 5.76. The molecular formula is C30H48O4. The van der Waals surface area contributed by atoms with Crippen LogP contribution < -0.4 is 4.74 Å². The number of carbonyl (C=O) groups excluding carboxylic acids is 1. The van der Waals surface area contributed by atoms with Crippen molar-refractivity contribution in [1.82, 2.24) is 0 Å². The lowest BCUT2D eigenvalue weighted by Crippen LogP contribution is -2.02. The number of carboxylic acids is 1. The molecule has 34 heavy (non-hydrogen) atoms. The Morgan fingerprint density at radius 1 is 0.765 bits per heavy atom. The van der Waals surface area contributed by atoms with Gasteiger partial charge in [-0.15, -0.1) is 0 Å². The SMILES string of the molecule is C=C(CCCCCCCCCCCCCCCCCC)C(=O)O.C=CC(=O)Oc1ccccc1. The van der Waals surface area contributed by atoms with Crippen LogP contribution in [0.3, 0.4) is 0 Å². The highest BCUT2D eigenvalue weighted by Gasteiger charge is 2.02. The number of unbranched alkanes of at least 4 members (excludes halogenated alkanes) is 15. The van der Waals surface area contributed by atoms with Crippen LogP contribution in [-0.4, -0.2) is 17.0 Å². The first-order valence-corrected chi connectivity index (χ1v) is 13.3. The molecule has 0 saturated heterocycles. The summed E-state index contributed by atoms with van der Waals surface area (Å²) < 4.78 is 4.81. The normalized spacial score (nSPS) is 10.1. The van der Waals surface area contributed by atoms with Crippen molar-refractivity contribution >= 4 is 11.9 Å². The highest BCUT2D eigenvalue weighted by molar-refractivity contribution is 5.85. The van der Waals surface area contributed by atoms with Crippen LogP contribution in [0.5, 0.6) is 5.75 Å². The Kier molecular flexibility index (Phi) is 22.1. The van der Waals surface area contributed by atoms with Gasteiger partial charge in [0, 0.05) is 11.6 Å². The van der Waals surface area contributed by atoms with Gasteiger partial charge in [-0.25, -0.2) is 9.59 Å². The van der Waals surface area contributed by atoms with Crippen LogP contribution in [-0.2, 0) is 9.59 Å². The highest BCUT2D eigenvalue weighted by atomic mass is 16.5. The highest BCUT2D eigenvalue weighted by Crippen LogP contribution is 2.15. The predicted molar refractivity (Wildman–Crippen MR) is 143 cm³/mol. The molecule has 1 aromatic rings. The fraction of sp³-hybridized carbons (Fsp3) is 0.600. The van der Waals surface area contributed by atoms with Gasteiger partial charge in [-0.05, 0) is 25.0 Å². The van der Waals surface area contributed by atoms with Gasteiger partial charge in [-0.1, -0.05) is 135 Å². The Bertz CT molecular complexity index is 651. The minimum atomic E-state index is -0.842. The van der Waals surface area contributed by atoms with Crippen LogP contribution in [0.2, 0.25) is 0 Å². The third-order valence-corrected chi connectivity index (χ3v) is 5.76. The van der Waals surface area contributed by atoms with E-state index in [0.29, 0.717) is 17.7 Å². The summed E-state index contributed by atoms with van der Waals surface area (Å²) >= 11 is 0. The van der Waals surface area contributed by atoms with Gasteiger partial charge in [0.2, 0.25) is 0 Å². The molecular weight excluding hydrogens is 424 g/mol. The molecule has 0 saturated carbocycles. The maximum Gasteiger partial charge on any atom is 0.335 e. The summed E-state index contributed by atoms with van der Waals surface area (Å²) in [6.07, 6.45) is 23.3. The van der Waals surface area contributed by atoms with Crippen LogP contribution in [0.25, 0.3) is 0 Å². The number of rotatable bonds is 20. The molecule has 0 atom stereocenters. The van der Waals surface area contributed by atoms with Crippen molar-refractivity contribution in [2.75, 3.05) is 0 Å². The van der Waals surface area contributed by atoms with Crippen molar-refractivity contribution in [3.05, 3.63) is 55.1 Å². The van der Waals surface area contributed by atoms with E-state index < -0.39 is 11.9 Å². The Hall–Kier alpha value is -2.36. The molecule has 0 radical (unpaired) electrons. The zero-order valence-electron chi connectivity index (χ0n) is 21.6. The maximum atomic E-state index is 10.6. The molecule has 0 fully saturated rings. The van der Waals surface area contributed by atoms with Crippen molar-refractivity contribution in [3.8, 4) is 5.75 Å². The molecule has 0 aromatic heterocycles. The molecule has 0 spiro atoms. The number of benzene rings is 1. The number of hydrogen-bond donors (Lipinski definition) is 1. The second kappa shape index (κ2) is 23.8. The number of aliphatic carboxylic acids is 1. The van der Waals surface area contributed by atoms with E-state index in [9.17, 15) is 9.59 Å². The van der Waals surface area contributed by atoms with Gasteiger partial charge >= 0.3 is 11.9 Å². The molecule has 0 bridgehead atoms.